The maximum Gasteiger partial charge on any atom is 0.282 e. The molecule has 6 nitrogen and oxygen atoms in total. The van der Waals surface area contributed by atoms with Gasteiger partial charge in [0.1, 0.15) is 11.5 Å². The van der Waals surface area contributed by atoms with Crippen LogP contribution >= 0.6 is 15.9 Å². The van der Waals surface area contributed by atoms with Gasteiger partial charge in [0.15, 0.2) is 0 Å². The van der Waals surface area contributed by atoms with E-state index in [0.717, 1.165) is 10.2 Å². The van der Waals surface area contributed by atoms with Gasteiger partial charge in [0.2, 0.25) is 0 Å². The lowest BCUT2D eigenvalue weighted by Gasteiger charge is -2.15. The summed E-state index contributed by atoms with van der Waals surface area (Å²) in [4.78, 5) is 28.7. The number of halogens is 1. The highest BCUT2D eigenvalue weighted by atomic mass is 79.9. The molecular weight excluding hydrogens is 374 g/mol. The molecule has 0 fully saturated rings. The summed E-state index contributed by atoms with van der Waals surface area (Å²) in [7, 11) is 0. The van der Waals surface area contributed by atoms with Gasteiger partial charge in [-0.15, -0.1) is 0 Å². The van der Waals surface area contributed by atoms with Crippen LogP contribution in [0.1, 0.15) is 12.5 Å². The Morgan fingerprint density at radius 3 is 2.33 bits per heavy atom. The van der Waals surface area contributed by atoms with Crippen LogP contribution in [-0.4, -0.2) is 16.7 Å². The molecule has 0 aliphatic carbocycles. The number of non-ortho nitro benzene ring substituents is 1. The fraction of sp³-hybridized carbons (Fsp3) is 0.0588. The Kier molecular flexibility index (Phi) is 4.26. The zero-order chi connectivity index (χ0) is 17.3. The Labute approximate surface area is 146 Å². The number of nitro groups is 1. The third-order valence-electron chi connectivity index (χ3n) is 3.52. The van der Waals surface area contributed by atoms with Crippen LogP contribution in [-0.2, 0) is 4.79 Å². The zero-order valence-corrected chi connectivity index (χ0v) is 14.2. The van der Waals surface area contributed by atoms with Crippen LogP contribution in [0.25, 0.3) is 6.08 Å². The number of nitrogens with zero attached hydrogens (tertiary/aromatic N) is 3. The Bertz CT molecular complexity index is 871. The van der Waals surface area contributed by atoms with Gasteiger partial charge in [0.25, 0.3) is 11.6 Å². The van der Waals surface area contributed by atoms with Gasteiger partial charge >= 0.3 is 0 Å². The minimum absolute atomic E-state index is 0.00562. The highest BCUT2D eigenvalue weighted by Crippen LogP contribution is 2.26. The van der Waals surface area contributed by atoms with Gasteiger partial charge in [0.05, 0.1) is 10.6 Å². The molecule has 0 bridgehead atoms. The van der Waals surface area contributed by atoms with Crippen molar-refractivity contribution >= 4 is 45.1 Å². The quantitative estimate of drug-likeness (QED) is 0.452. The number of carbonyl (C=O) groups is 1. The normalized spacial score (nSPS) is 15.8. The predicted octanol–water partition coefficient (Wildman–Crippen LogP) is 4.16. The third kappa shape index (κ3) is 3.11. The van der Waals surface area contributed by atoms with E-state index < -0.39 is 4.92 Å². The Hall–Kier alpha value is -2.80. The van der Waals surface area contributed by atoms with Gasteiger partial charge in [-0.25, -0.2) is 4.99 Å². The molecule has 120 valence electrons. The molecule has 0 saturated carbocycles. The standard InChI is InChI=1S/C17H12BrN3O3/c1-11-19-16(10-12-2-6-15(7-3-12)21(23)24)17(22)20(11)14-8-4-13(18)5-9-14/h2-10H,1H3. The van der Waals surface area contributed by atoms with Crippen molar-refractivity contribution in [1.82, 2.24) is 0 Å². The summed E-state index contributed by atoms with van der Waals surface area (Å²) in [5, 5.41) is 10.7. The number of aliphatic imine (C=N–C) groups is 1. The maximum atomic E-state index is 12.6. The van der Waals surface area contributed by atoms with Crippen molar-refractivity contribution in [2.45, 2.75) is 6.92 Å². The number of amidine groups is 1. The van der Waals surface area contributed by atoms with Crippen LogP contribution in [0.15, 0.2) is 63.7 Å². The van der Waals surface area contributed by atoms with Gasteiger partial charge < -0.3 is 0 Å². The van der Waals surface area contributed by atoms with Crippen molar-refractivity contribution < 1.29 is 9.72 Å². The van der Waals surface area contributed by atoms with E-state index in [4.69, 9.17) is 0 Å². The SMILES string of the molecule is CC1=NC(=Cc2ccc([N+](=O)[O-])cc2)C(=O)N1c1ccc(Br)cc1. The summed E-state index contributed by atoms with van der Waals surface area (Å²) in [5.74, 6) is 0.351. The largest absolute Gasteiger partial charge is 0.282 e. The number of carbonyl (C=O) groups excluding carboxylic acids is 1. The molecule has 0 N–H and O–H groups in total. The first-order chi connectivity index (χ1) is 11.5. The summed E-state index contributed by atoms with van der Waals surface area (Å²) in [6.07, 6.45) is 1.62. The monoisotopic (exact) mass is 385 g/mol. The van der Waals surface area contributed by atoms with E-state index >= 15 is 0 Å². The molecule has 1 aliphatic rings. The molecule has 0 aromatic heterocycles. The summed E-state index contributed by atoms with van der Waals surface area (Å²) >= 11 is 3.36. The highest BCUT2D eigenvalue weighted by Gasteiger charge is 2.28. The summed E-state index contributed by atoms with van der Waals surface area (Å²) in [6.45, 7) is 1.76. The fourth-order valence-electron chi connectivity index (χ4n) is 2.37. The lowest BCUT2D eigenvalue weighted by atomic mass is 10.1. The molecule has 1 heterocycles. The Balaban J connectivity index is 1.89. The van der Waals surface area contributed by atoms with Crippen molar-refractivity contribution in [1.29, 1.82) is 0 Å². The molecule has 0 saturated heterocycles. The molecule has 2 aromatic rings. The Morgan fingerprint density at radius 2 is 1.75 bits per heavy atom. The van der Waals surface area contributed by atoms with Gasteiger partial charge in [-0.3, -0.25) is 19.8 Å². The molecule has 1 aliphatic heterocycles. The van der Waals surface area contributed by atoms with Crippen molar-refractivity contribution in [2.24, 2.45) is 4.99 Å². The maximum absolute atomic E-state index is 12.6. The molecule has 0 radical (unpaired) electrons. The first-order valence-electron chi connectivity index (χ1n) is 7.07. The second-order valence-corrected chi connectivity index (χ2v) is 6.07. The van der Waals surface area contributed by atoms with Crippen LogP contribution in [0, 0.1) is 10.1 Å². The molecule has 0 spiro atoms. The smallest absolute Gasteiger partial charge is 0.266 e. The van der Waals surface area contributed by atoms with E-state index in [-0.39, 0.29) is 11.6 Å². The number of rotatable bonds is 3. The average molecular weight is 386 g/mol. The van der Waals surface area contributed by atoms with Crippen LogP contribution in [0.4, 0.5) is 11.4 Å². The molecule has 0 atom stereocenters. The van der Waals surface area contributed by atoms with Crippen molar-refractivity contribution in [3.63, 3.8) is 0 Å². The van der Waals surface area contributed by atoms with Gasteiger partial charge in [0, 0.05) is 16.6 Å². The molecule has 0 unspecified atom stereocenters. The second-order valence-electron chi connectivity index (χ2n) is 5.15. The van der Waals surface area contributed by atoms with Crippen molar-refractivity contribution in [2.75, 3.05) is 4.90 Å². The lowest BCUT2D eigenvalue weighted by Crippen LogP contribution is -2.30. The van der Waals surface area contributed by atoms with E-state index in [0.29, 0.717) is 17.1 Å². The zero-order valence-electron chi connectivity index (χ0n) is 12.6. The summed E-state index contributed by atoms with van der Waals surface area (Å²) < 4.78 is 0.925. The van der Waals surface area contributed by atoms with Crippen LogP contribution in [0.2, 0.25) is 0 Å². The number of hydrogen-bond acceptors (Lipinski definition) is 4. The van der Waals surface area contributed by atoms with E-state index in [1.807, 2.05) is 24.3 Å². The molecular formula is C17H12BrN3O3. The van der Waals surface area contributed by atoms with Gasteiger partial charge in [-0.2, -0.15) is 0 Å². The van der Waals surface area contributed by atoms with E-state index in [1.165, 1.54) is 17.0 Å². The fourth-order valence-corrected chi connectivity index (χ4v) is 2.64. The third-order valence-corrected chi connectivity index (χ3v) is 4.05. The number of amides is 1. The molecule has 3 rings (SSSR count). The van der Waals surface area contributed by atoms with E-state index in [9.17, 15) is 14.9 Å². The van der Waals surface area contributed by atoms with Crippen molar-refractivity contribution in [3.8, 4) is 0 Å². The predicted molar refractivity (Wildman–Crippen MR) is 95.8 cm³/mol. The molecule has 2 aromatic carbocycles. The summed E-state index contributed by atoms with van der Waals surface area (Å²) in [6, 6.07) is 13.3. The van der Waals surface area contributed by atoms with Crippen LogP contribution < -0.4 is 4.90 Å². The van der Waals surface area contributed by atoms with Crippen LogP contribution in [0.5, 0.6) is 0 Å². The lowest BCUT2D eigenvalue weighted by molar-refractivity contribution is -0.384. The first kappa shape index (κ1) is 16.1. The van der Waals surface area contributed by atoms with Crippen LogP contribution in [0.3, 0.4) is 0 Å². The second kappa shape index (κ2) is 6.37. The van der Waals surface area contributed by atoms with E-state index in [1.54, 1.807) is 25.1 Å². The summed E-state index contributed by atoms with van der Waals surface area (Å²) in [5.41, 5.74) is 1.71. The topological polar surface area (TPSA) is 75.8 Å². The number of hydrogen-bond donors (Lipinski definition) is 0. The minimum atomic E-state index is -0.463. The van der Waals surface area contributed by atoms with Gasteiger partial charge in [-0.05, 0) is 55.0 Å². The van der Waals surface area contributed by atoms with Crippen molar-refractivity contribution in [3.05, 3.63) is 74.4 Å². The number of benzene rings is 2. The molecule has 24 heavy (non-hydrogen) atoms. The number of nitro benzene ring substituents is 1. The number of anilines is 1. The van der Waals surface area contributed by atoms with Gasteiger partial charge in [-0.1, -0.05) is 15.9 Å². The van der Waals surface area contributed by atoms with E-state index in [2.05, 4.69) is 20.9 Å². The average Bonchev–Trinajstić information content (AvgIpc) is 2.83. The minimum Gasteiger partial charge on any atom is -0.266 e. The Morgan fingerprint density at radius 1 is 1.12 bits per heavy atom. The molecule has 1 amide bonds. The highest BCUT2D eigenvalue weighted by molar-refractivity contribution is 9.10. The molecule has 7 heteroatoms. The first-order valence-corrected chi connectivity index (χ1v) is 7.86.